The average molecular weight is 387 g/mol. The first-order chi connectivity index (χ1) is 12.4. The van der Waals surface area contributed by atoms with Gasteiger partial charge in [-0.2, -0.15) is 5.26 Å². The molecule has 6 heteroatoms. The Morgan fingerprint density at radius 2 is 1.88 bits per heavy atom. The molecule has 2 aromatic rings. The molecule has 0 aromatic heterocycles. The van der Waals surface area contributed by atoms with E-state index in [2.05, 4.69) is 11.9 Å². The van der Waals surface area contributed by atoms with E-state index in [0.29, 0.717) is 17.0 Å². The van der Waals surface area contributed by atoms with Gasteiger partial charge in [0.15, 0.2) is 5.75 Å². The molecule has 1 N–H and O–H groups in total. The summed E-state index contributed by atoms with van der Waals surface area (Å²) in [5.74, 6) is -0.191. The van der Waals surface area contributed by atoms with Crippen molar-refractivity contribution in [2.75, 3.05) is 11.9 Å². The molecule has 1 amide bonds. The fourth-order valence-electron chi connectivity index (χ4n) is 2.09. The second-order valence-electron chi connectivity index (χ2n) is 5.40. The molecule has 2 aromatic carbocycles. The Bertz CT molecular complexity index is 874. The lowest BCUT2D eigenvalue weighted by atomic mass is 10.1. The Hall–Kier alpha value is -2.74. The molecule has 0 aliphatic carbocycles. The molecule has 0 bridgehead atoms. The Morgan fingerprint density at radius 3 is 2.42 bits per heavy atom. The number of rotatable bonds is 6. The van der Waals surface area contributed by atoms with Crippen LogP contribution in [0, 0.1) is 18.3 Å². The minimum Gasteiger partial charge on any atom is -0.486 e. The fraction of sp³-hybridized carbons (Fsp3) is 0.100. The summed E-state index contributed by atoms with van der Waals surface area (Å²) in [6.07, 6.45) is 2.99. The monoisotopic (exact) mass is 386 g/mol. The first-order valence-electron chi connectivity index (χ1n) is 7.67. The highest BCUT2D eigenvalue weighted by Crippen LogP contribution is 2.35. The van der Waals surface area contributed by atoms with Gasteiger partial charge >= 0.3 is 0 Å². The summed E-state index contributed by atoms with van der Waals surface area (Å²) in [6, 6.07) is 12.3. The third-order valence-electron chi connectivity index (χ3n) is 3.35. The van der Waals surface area contributed by atoms with Crippen LogP contribution in [-0.2, 0) is 4.79 Å². The van der Waals surface area contributed by atoms with Gasteiger partial charge in [-0.15, -0.1) is 0 Å². The van der Waals surface area contributed by atoms with Gasteiger partial charge < -0.3 is 10.1 Å². The summed E-state index contributed by atoms with van der Waals surface area (Å²) in [5, 5.41) is 12.5. The first-order valence-corrected chi connectivity index (χ1v) is 8.42. The lowest BCUT2D eigenvalue weighted by Gasteiger charge is -2.09. The zero-order valence-corrected chi connectivity index (χ0v) is 15.6. The molecule has 26 heavy (non-hydrogen) atoms. The SMILES string of the molecule is C=CCOc1c(Cl)cc(/C=C(\C#N)C(=O)Nc2ccc(C)cc2)cc1Cl. The molecule has 0 aliphatic rings. The second kappa shape index (κ2) is 9.10. The summed E-state index contributed by atoms with van der Waals surface area (Å²) in [7, 11) is 0. The summed E-state index contributed by atoms with van der Waals surface area (Å²) < 4.78 is 5.39. The first kappa shape index (κ1) is 19.6. The minimum absolute atomic E-state index is 0.0718. The topological polar surface area (TPSA) is 62.1 Å². The number of nitrogens with zero attached hydrogens (tertiary/aromatic N) is 1. The number of hydrogen-bond acceptors (Lipinski definition) is 3. The minimum atomic E-state index is -0.518. The number of aryl methyl sites for hydroxylation is 1. The Morgan fingerprint density at radius 1 is 1.27 bits per heavy atom. The van der Waals surface area contributed by atoms with E-state index in [4.69, 9.17) is 27.9 Å². The van der Waals surface area contributed by atoms with Gasteiger partial charge in [0.25, 0.3) is 5.91 Å². The van der Waals surface area contributed by atoms with E-state index >= 15 is 0 Å². The van der Waals surface area contributed by atoms with Crippen LogP contribution in [0.3, 0.4) is 0 Å². The van der Waals surface area contributed by atoms with Crippen molar-refractivity contribution in [2.24, 2.45) is 0 Å². The lowest BCUT2D eigenvalue weighted by molar-refractivity contribution is -0.112. The summed E-state index contributed by atoms with van der Waals surface area (Å²) >= 11 is 12.3. The van der Waals surface area contributed by atoms with E-state index in [1.807, 2.05) is 25.1 Å². The van der Waals surface area contributed by atoms with Crippen LogP contribution in [0.2, 0.25) is 10.0 Å². The molecule has 0 radical (unpaired) electrons. The maximum atomic E-state index is 12.3. The number of nitrogens with one attached hydrogen (secondary N) is 1. The predicted octanol–water partition coefficient (Wildman–Crippen LogP) is 5.41. The van der Waals surface area contributed by atoms with Crippen LogP contribution in [0.25, 0.3) is 6.08 Å². The van der Waals surface area contributed by atoms with Crippen LogP contribution >= 0.6 is 23.2 Å². The predicted molar refractivity (Wildman–Crippen MR) is 106 cm³/mol. The average Bonchev–Trinajstić information content (AvgIpc) is 2.61. The fourth-order valence-corrected chi connectivity index (χ4v) is 2.71. The van der Waals surface area contributed by atoms with Gasteiger partial charge in [-0.05, 0) is 42.8 Å². The highest BCUT2D eigenvalue weighted by Gasteiger charge is 2.12. The quantitative estimate of drug-likeness (QED) is 0.409. The van der Waals surface area contributed by atoms with Crippen LogP contribution in [-0.4, -0.2) is 12.5 Å². The van der Waals surface area contributed by atoms with Gasteiger partial charge in [-0.25, -0.2) is 0 Å². The zero-order chi connectivity index (χ0) is 19.1. The van der Waals surface area contributed by atoms with E-state index in [1.54, 1.807) is 30.3 Å². The van der Waals surface area contributed by atoms with E-state index in [9.17, 15) is 10.1 Å². The van der Waals surface area contributed by atoms with E-state index in [0.717, 1.165) is 5.56 Å². The molecule has 0 saturated carbocycles. The largest absolute Gasteiger partial charge is 0.486 e. The van der Waals surface area contributed by atoms with Gasteiger partial charge in [0.05, 0.1) is 10.0 Å². The lowest BCUT2D eigenvalue weighted by Crippen LogP contribution is -2.13. The van der Waals surface area contributed by atoms with Crippen molar-refractivity contribution in [3.8, 4) is 11.8 Å². The van der Waals surface area contributed by atoms with E-state index in [1.165, 1.54) is 6.08 Å². The molecule has 0 aliphatic heterocycles. The number of carbonyl (C=O) groups is 1. The van der Waals surface area contributed by atoms with Crippen molar-refractivity contribution in [2.45, 2.75) is 6.92 Å². The van der Waals surface area contributed by atoms with E-state index in [-0.39, 0.29) is 22.2 Å². The van der Waals surface area contributed by atoms with Gasteiger partial charge in [0.2, 0.25) is 0 Å². The normalized spacial score (nSPS) is 10.8. The number of anilines is 1. The Labute approximate surface area is 162 Å². The summed E-state index contributed by atoms with van der Waals surface area (Å²) in [5.41, 5.74) is 2.12. The number of halogens is 2. The smallest absolute Gasteiger partial charge is 0.266 e. The molecule has 0 heterocycles. The number of ether oxygens (including phenoxy) is 1. The third-order valence-corrected chi connectivity index (χ3v) is 3.91. The van der Waals surface area contributed by atoms with Crippen LogP contribution in [0.1, 0.15) is 11.1 Å². The summed E-state index contributed by atoms with van der Waals surface area (Å²) in [6.45, 7) is 5.77. The van der Waals surface area contributed by atoms with Crippen LogP contribution in [0.4, 0.5) is 5.69 Å². The van der Waals surface area contributed by atoms with Gasteiger partial charge in [0.1, 0.15) is 18.2 Å². The summed E-state index contributed by atoms with van der Waals surface area (Å²) in [4.78, 5) is 12.3. The molecule has 0 atom stereocenters. The van der Waals surface area contributed by atoms with Crippen molar-refractivity contribution in [3.05, 3.63) is 75.8 Å². The molecular formula is C20H16Cl2N2O2. The highest BCUT2D eigenvalue weighted by atomic mass is 35.5. The number of benzene rings is 2. The van der Waals surface area contributed by atoms with Crippen LogP contribution in [0.15, 0.2) is 54.6 Å². The number of carbonyl (C=O) groups excluding carboxylic acids is 1. The molecule has 0 unspecified atom stereocenters. The zero-order valence-electron chi connectivity index (χ0n) is 14.1. The van der Waals surface area contributed by atoms with Crippen molar-refractivity contribution < 1.29 is 9.53 Å². The van der Waals surface area contributed by atoms with Crippen molar-refractivity contribution in [1.29, 1.82) is 5.26 Å². The van der Waals surface area contributed by atoms with Crippen molar-refractivity contribution in [1.82, 2.24) is 0 Å². The van der Waals surface area contributed by atoms with Crippen LogP contribution < -0.4 is 10.1 Å². The maximum Gasteiger partial charge on any atom is 0.266 e. The van der Waals surface area contributed by atoms with Gasteiger partial charge in [-0.1, -0.05) is 53.6 Å². The Kier molecular flexibility index (Phi) is 6.85. The second-order valence-corrected chi connectivity index (χ2v) is 6.22. The van der Waals surface area contributed by atoms with Gasteiger partial charge in [0, 0.05) is 5.69 Å². The number of hydrogen-bond donors (Lipinski definition) is 1. The molecule has 0 fully saturated rings. The molecule has 132 valence electrons. The van der Waals surface area contributed by atoms with Crippen molar-refractivity contribution in [3.63, 3.8) is 0 Å². The van der Waals surface area contributed by atoms with E-state index < -0.39 is 5.91 Å². The Balaban J connectivity index is 2.24. The maximum absolute atomic E-state index is 12.3. The number of nitriles is 1. The molecular weight excluding hydrogens is 371 g/mol. The molecule has 4 nitrogen and oxygen atoms in total. The molecule has 0 saturated heterocycles. The highest BCUT2D eigenvalue weighted by molar-refractivity contribution is 6.37. The third kappa shape index (κ3) is 5.13. The number of amides is 1. The molecule has 2 rings (SSSR count). The van der Waals surface area contributed by atoms with Crippen molar-refractivity contribution >= 4 is 40.9 Å². The van der Waals surface area contributed by atoms with Gasteiger partial charge in [-0.3, -0.25) is 4.79 Å². The molecule has 0 spiro atoms. The standard InChI is InChI=1S/C20H16Cl2N2O2/c1-3-8-26-19-17(21)10-14(11-18(19)22)9-15(12-23)20(25)24-16-6-4-13(2)5-7-16/h3-7,9-11H,1,8H2,2H3,(H,24,25)/b15-9+. The van der Waals surface area contributed by atoms with Crippen LogP contribution in [0.5, 0.6) is 5.75 Å².